The zero-order valence-electron chi connectivity index (χ0n) is 16.6. The molecule has 1 heterocycles. The minimum Gasteiger partial charge on any atom is -0.459 e. The third-order valence-electron chi connectivity index (χ3n) is 5.19. The summed E-state index contributed by atoms with van der Waals surface area (Å²) in [5.41, 5.74) is 2.87. The molecular weight excluding hydrogens is 350 g/mol. The fraction of sp³-hybridized carbons (Fsp3) is 0.333. The standard InChI is InChI=1S/C24H25NO3/c1-24(2,3)28-23(27)18-13-9-15-20-21(18)17-12-7-8-14-19(17)25(20)22(26)16-10-5-4-6-11-16/h4-8,10-12,14,18H,9,13,15H2,1-3H3. The van der Waals surface area contributed by atoms with E-state index in [1.807, 2.05) is 75.4 Å². The van der Waals surface area contributed by atoms with Gasteiger partial charge in [-0.2, -0.15) is 0 Å². The number of nitrogens with zero attached hydrogens (tertiary/aromatic N) is 1. The molecule has 0 saturated heterocycles. The van der Waals surface area contributed by atoms with Crippen LogP contribution in [0.2, 0.25) is 0 Å². The maximum absolute atomic E-state index is 13.3. The van der Waals surface area contributed by atoms with E-state index in [2.05, 4.69) is 0 Å². The van der Waals surface area contributed by atoms with E-state index >= 15 is 0 Å². The Balaban J connectivity index is 1.88. The first kappa shape index (κ1) is 18.5. The molecule has 0 bridgehead atoms. The molecule has 0 fully saturated rings. The zero-order chi connectivity index (χ0) is 19.9. The summed E-state index contributed by atoms with van der Waals surface area (Å²) in [6.07, 6.45) is 2.38. The van der Waals surface area contributed by atoms with Gasteiger partial charge in [-0.3, -0.25) is 14.2 Å². The van der Waals surface area contributed by atoms with Crippen LogP contribution in [-0.4, -0.2) is 22.0 Å². The lowest BCUT2D eigenvalue weighted by Gasteiger charge is -2.27. The molecule has 0 amide bonds. The molecule has 4 rings (SSSR count). The molecule has 3 aromatic rings. The van der Waals surface area contributed by atoms with Crippen molar-refractivity contribution in [2.45, 2.75) is 51.6 Å². The normalized spacial score (nSPS) is 16.6. The molecule has 28 heavy (non-hydrogen) atoms. The molecule has 4 nitrogen and oxygen atoms in total. The van der Waals surface area contributed by atoms with Gasteiger partial charge in [0.05, 0.1) is 11.4 Å². The van der Waals surface area contributed by atoms with E-state index in [4.69, 9.17) is 4.74 Å². The summed E-state index contributed by atoms with van der Waals surface area (Å²) in [6.45, 7) is 5.66. The number of benzene rings is 2. The second kappa shape index (κ2) is 6.93. The van der Waals surface area contributed by atoms with Crippen molar-refractivity contribution in [3.8, 4) is 0 Å². The van der Waals surface area contributed by atoms with Crippen LogP contribution in [0, 0.1) is 0 Å². The number of carbonyl (C=O) groups excluding carboxylic acids is 2. The molecule has 1 aliphatic rings. The Hall–Kier alpha value is -2.88. The molecule has 1 aromatic heterocycles. The molecule has 144 valence electrons. The van der Waals surface area contributed by atoms with Crippen LogP contribution in [-0.2, 0) is 16.0 Å². The largest absolute Gasteiger partial charge is 0.459 e. The predicted molar refractivity (Wildman–Crippen MR) is 110 cm³/mol. The van der Waals surface area contributed by atoms with Crippen LogP contribution < -0.4 is 0 Å². The number of para-hydroxylation sites is 1. The van der Waals surface area contributed by atoms with E-state index in [0.717, 1.165) is 41.4 Å². The molecule has 0 saturated carbocycles. The number of aromatic nitrogens is 1. The highest BCUT2D eigenvalue weighted by atomic mass is 16.6. The second-order valence-corrected chi connectivity index (χ2v) is 8.36. The third-order valence-corrected chi connectivity index (χ3v) is 5.19. The number of hydrogen-bond acceptors (Lipinski definition) is 3. The third kappa shape index (κ3) is 3.24. The summed E-state index contributed by atoms with van der Waals surface area (Å²) in [7, 11) is 0. The van der Waals surface area contributed by atoms with Crippen molar-refractivity contribution in [3.05, 3.63) is 71.4 Å². The van der Waals surface area contributed by atoms with E-state index in [0.29, 0.717) is 5.56 Å². The predicted octanol–water partition coefficient (Wildman–Crippen LogP) is 5.09. The van der Waals surface area contributed by atoms with Crippen molar-refractivity contribution in [1.82, 2.24) is 4.57 Å². The summed E-state index contributed by atoms with van der Waals surface area (Å²) >= 11 is 0. The average molecular weight is 375 g/mol. The summed E-state index contributed by atoms with van der Waals surface area (Å²) in [4.78, 5) is 26.3. The van der Waals surface area contributed by atoms with E-state index in [1.54, 1.807) is 4.57 Å². The van der Waals surface area contributed by atoms with Crippen LogP contribution in [0.1, 0.15) is 61.1 Å². The molecule has 0 radical (unpaired) electrons. The van der Waals surface area contributed by atoms with Crippen LogP contribution in [0.5, 0.6) is 0 Å². The van der Waals surface area contributed by atoms with Gasteiger partial charge in [0.2, 0.25) is 0 Å². The number of esters is 1. The molecule has 0 aliphatic heterocycles. The minimum absolute atomic E-state index is 0.0529. The first-order valence-corrected chi connectivity index (χ1v) is 9.81. The maximum Gasteiger partial charge on any atom is 0.314 e. The van der Waals surface area contributed by atoms with Gasteiger partial charge in [0.1, 0.15) is 5.60 Å². The molecule has 1 unspecified atom stereocenters. The molecule has 1 atom stereocenters. The Morgan fingerprint density at radius 2 is 1.68 bits per heavy atom. The SMILES string of the molecule is CC(C)(C)OC(=O)C1CCCc2c1c1ccccc1n2C(=O)c1ccccc1. The van der Waals surface area contributed by atoms with E-state index < -0.39 is 5.60 Å². The maximum atomic E-state index is 13.3. The van der Waals surface area contributed by atoms with Crippen LogP contribution in [0.3, 0.4) is 0 Å². The van der Waals surface area contributed by atoms with Crippen LogP contribution in [0.25, 0.3) is 10.9 Å². The van der Waals surface area contributed by atoms with Gasteiger partial charge in [0, 0.05) is 16.6 Å². The van der Waals surface area contributed by atoms with Gasteiger partial charge in [-0.05, 0) is 63.8 Å². The van der Waals surface area contributed by atoms with Gasteiger partial charge in [-0.1, -0.05) is 36.4 Å². The summed E-state index contributed by atoms with van der Waals surface area (Å²) in [5, 5.41) is 0.970. The Bertz CT molecular complexity index is 1040. The second-order valence-electron chi connectivity index (χ2n) is 8.36. The van der Waals surface area contributed by atoms with Gasteiger partial charge in [-0.15, -0.1) is 0 Å². The lowest BCUT2D eigenvalue weighted by molar-refractivity contribution is -0.157. The number of fused-ring (bicyclic) bond motifs is 3. The molecular formula is C24H25NO3. The molecule has 0 N–H and O–H groups in total. The number of rotatable bonds is 2. The van der Waals surface area contributed by atoms with Crippen molar-refractivity contribution in [3.63, 3.8) is 0 Å². The number of hydrogen-bond donors (Lipinski definition) is 0. The Morgan fingerprint density at radius 1 is 1.00 bits per heavy atom. The fourth-order valence-electron chi connectivity index (χ4n) is 4.12. The quantitative estimate of drug-likeness (QED) is 0.586. The van der Waals surface area contributed by atoms with Crippen molar-refractivity contribution >= 4 is 22.8 Å². The number of carbonyl (C=O) groups is 2. The molecule has 4 heteroatoms. The number of ether oxygens (including phenoxy) is 1. The first-order chi connectivity index (χ1) is 13.4. The highest BCUT2D eigenvalue weighted by Gasteiger charge is 2.35. The van der Waals surface area contributed by atoms with Crippen LogP contribution in [0.4, 0.5) is 0 Å². The summed E-state index contributed by atoms with van der Waals surface area (Å²) < 4.78 is 7.51. The van der Waals surface area contributed by atoms with Crippen molar-refractivity contribution in [2.75, 3.05) is 0 Å². The van der Waals surface area contributed by atoms with Crippen molar-refractivity contribution in [2.24, 2.45) is 0 Å². The average Bonchev–Trinajstić information content (AvgIpc) is 3.01. The summed E-state index contributed by atoms with van der Waals surface area (Å²) in [5.74, 6) is -0.593. The Morgan fingerprint density at radius 3 is 2.39 bits per heavy atom. The summed E-state index contributed by atoms with van der Waals surface area (Å²) in [6, 6.07) is 17.2. The van der Waals surface area contributed by atoms with Gasteiger partial charge in [0.15, 0.2) is 0 Å². The van der Waals surface area contributed by atoms with Crippen LogP contribution >= 0.6 is 0 Å². The lowest BCUT2D eigenvalue weighted by Crippen LogP contribution is -2.30. The molecule has 0 spiro atoms. The Kier molecular flexibility index (Phi) is 4.58. The van der Waals surface area contributed by atoms with Gasteiger partial charge in [0.25, 0.3) is 5.91 Å². The van der Waals surface area contributed by atoms with E-state index in [9.17, 15) is 9.59 Å². The minimum atomic E-state index is -0.535. The van der Waals surface area contributed by atoms with Gasteiger partial charge in [-0.25, -0.2) is 0 Å². The van der Waals surface area contributed by atoms with Gasteiger partial charge < -0.3 is 4.74 Å². The van der Waals surface area contributed by atoms with Crippen molar-refractivity contribution < 1.29 is 14.3 Å². The monoisotopic (exact) mass is 375 g/mol. The van der Waals surface area contributed by atoms with E-state index in [-0.39, 0.29) is 17.8 Å². The fourth-order valence-corrected chi connectivity index (χ4v) is 4.12. The molecule has 1 aliphatic carbocycles. The first-order valence-electron chi connectivity index (χ1n) is 9.81. The van der Waals surface area contributed by atoms with Crippen molar-refractivity contribution in [1.29, 1.82) is 0 Å². The highest BCUT2D eigenvalue weighted by Crippen LogP contribution is 2.40. The van der Waals surface area contributed by atoms with Crippen LogP contribution in [0.15, 0.2) is 54.6 Å². The Labute approximate surface area is 165 Å². The lowest BCUT2D eigenvalue weighted by atomic mass is 9.85. The molecule has 2 aromatic carbocycles. The zero-order valence-corrected chi connectivity index (χ0v) is 16.6. The van der Waals surface area contributed by atoms with Gasteiger partial charge >= 0.3 is 5.97 Å². The smallest absolute Gasteiger partial charge is 0.314 e. The van der Waals surface area contributed by atoms with E-state index in [1.165, 1.54) is 0 Å². The highest BCUT2D eigenvalue weighted by molar-refractivity contribution is 6.05. The topological polar surface area (TPSA) is 48.3 Å².